The summed E-state index contributed by atoms with van der Waals surface area (Å²) in [6, 6.07) is 3.74. The molecule has 1 heterocycles. The van der Waals surface area contributed by atoms with Crippen LogP contribution in [0.1, 0.15) is 18.5 Å². The van der Waals surface area contributed by atoms with Gasteiger partial charge in [0.1, 0.15) is 0 Å². The van der Waals surface area contributed by atoms with Gasteiger partial charge >= 0.3 is 6.03 Å². The molecule has 0 radical (unpaired) electrons. The van der Waals surface area contributed by atoms with Gasteiger partial charge in [-0.25, -0.2) is 22.4 Å². The predicted octanol–water partition coefficient (Wildman–Crippen LogP) is 4.31. The van der Waals surface area contributed by atoms with Gasteiger partial charge < -0.3 is 15.2 Å². The maximum absolute atomic E-state index is 14.1. The number of benzene rings is 2. The normalized spacial score (nSPS) is 12.1. The van der Waals surface area contributed by atoms with Gasteiger partial charge in [-0.1, -0.05) is 6.07 Å². The van der Waals surface area contributed by atoms with Crippen molar-refractivity contribution in [1.29, 1.82) is 0 Å². The molecule has 5 nitrogen and oxygen atoms in total. The average Bonchev–Trinajstić information content (AvgIpc) is 2.66. The molecular weight excluding hydrogens is 378 g/mol. The number of carbonyl (C=O) groups excluding carboxylic acids is 1. The summed E-state index contributed by atoms with van der Waals surface area (Å²) in [6.45, 7) is 1.61. The van der Waals surface area contributed by atoms with Crippen molar-refractivity contribution in [2.45, 2.75) is 13.0 Å². The minimum Gasteiger partial charge on any atom is -0.328 e. The zero-order chi connectivity index (χ0) is 20.6. The molecule has 9 heteroatoms. The maximum atomic E-state index is 14.1. The number of amides is 2. The summed E-state index contributed by atoms with van der Waals surface area (Å²) in [7, 11) is 1.43. The highest BCUT2D eigenvalue weighted by molar-refractivity contribution is 5.90. The number of nitrogens with one attached hydrogen (secondary N) is 2. The van der Waals surface area contributed by atoms with Gasteiger partial charge in [0, 0.05) is 25.0 Å². The second-order valence-corrected chi connectivity index (χ2v) is 6.20. The Morgan fingerprint density at radius 1 is 1.07 bits per heavy atom. The lowest BCUT2D eigenvalue weighted by atomic mass is 10.0. The number of hydrogen-bond acceptors (Lipinski definition) is 2. The first-order valence-electron chi connectivity index (χ1n) is 8.19. The number of rotatable bonds is 3. The van der Waals surface area contributed by atoms with E-state index in [9.17, 15) is 27.2 Å². The Hall–Kier alpha value is -3.36. The molecular formula is C19H15F4N3O2. The van der Waals surface area contributed by atoms with E-state index in [2.05, 4.69) is 10.3 Å². The first-order chi connectivity index (χ1) is 13.2. The fourth-order valence-electron chi connectivity index (χ4n) is 2.82. The van der Waals surface area contributed by atoms with Crippen molar-refractivity contribution >= 4 is 22.5 Å². The Morgan fingerprint density at radius 3 is 2.43 bits per heavy atom. The highest BCUT2D eigenvalue weighted by Crippen LogP contribution is 2.28. The third kappa shape index (κ3) is 3.42. The van der Waals surface area contributed by atoms with Gasteiger partial charge in [-0.15, -0.1) is 0 Å². The van der Waals surface area contributed by atoms with Crippen LogP contribution in [0.3, 0.4) is 0 Å². The van der Waals surface area contributed by atoms with E-state index in [1.807, 2.05) is 0 Å². The topological polar surface area (TPSA) is 65.2 Å². The predicted molar refractivity (Wildman–Crippen MR) is 96.0 cm³/mol. The van der Waals surface area contributed by atoms with Crippen molar-refractivity contribution in [1.82, 2.24) is 9.88 Å². The molecule has 0 bridgehead atoms. The van der Waals surface area contributed by atoms with E-state index in [0.717, 1.165) is 18.2 Å². The summed E-state index contributed by atoms with van der Waals surface area (Å²) in [5.74, 6) is -4.60. The summed E-state index contributed by atoms with van der Waals surface area (Å²) < 4.78 is 53.9. The third-order valence-corrected chi connectivity index (χ3v) is 4.51. The number of pyridine rings is 1. The quantitative estimate of drug-likeness (QED) is 0.652. The summed E-state index contributed by atoms with van der Waals surface area (Å²) in [5.41, 5.74) is -0.379. The van der Waals surface area contributed by atoms with Crippen LogP contribution in [0.15, 0.2) is 41.3 Å². The van der Waals surface area contributed by atoms with E-state index in [4.69, 9.17) is 0 Å². The van der Waals surface area contributed by atoms with Crippen LogP contribution in [0.2, 0.25) is 0 Å². The van der Waals surface area contributed by atoms with Crippen molar-refractivity contribution in [2.24, 2.45) is 0 Å². The van der Waals surface area contributed by atoms with Crippen molar-refractivity contribution in [3.8, 4) is 0 Å². The van der Waals surface area contributed by atoms with Gasteiger partial charge in [-0.3, -0.25) is 4.79 Å². The standard InChI is InChI=1S/C19H15F4N3O2/c1-9(26(2)19(28)25-10-3-5-13(20)15(22)7-10)12-8-24-18(27)16-11(12)4-6-14(21)17(16)23/h3-9H,1-2H3,(H,24,27)(H,25,28)/t9-/m1/s1. The van der Waals surface area contributed by atoms with E-state index in [-0.39, 0.29) is 11.1 Å². The number of hydrogen-bond donors (Lipinski definition) is 2. The number of H-pyrrole nitrogens is 1. The van der Waals surface area contributed by atoms with Gasteiger partial charge in [0.2, 0.25) is 0 Å². The van der Waals surface area contributed by atoms with Crippen LogP contribution in [0.4, 0.5) is 28.0 Å². The Labute approximate surface area is 156 Å². The fraction of sp³-hybridized carbons (Fsp3) is 0.158. The summed E-state index contributed by atoms with van der Waals surface area (Å²) >= 11 is 0. The van der Waals surface area contributed by atoms with Crippen molar-refractivity contribution in [3.63, 3.8) is 0 Å². The molecule has 0 spiro atoms. The molecule has 1 atom stereocenters. The van der Waals surface area contributed by atoms with Gasteiger partial charge in [0.25, 0.3) is 5.56 Å². The number of aromatic amines is 1. The highest BCUT2D eigenvalue weighted by atomic mass is 19.2. The van der Waals surface area contributed by atoms with Crippen LogP contribution >= 0.6 is 0 Å². The van der Waals surface area contributed by atoms with E-state index in [1.54, 1.807) is 6.92 Å². The average molecular weight is 393 g/mol. The molecule has 3 rings (SSSR count). The maximum Gasteiger partial charge on any atom is 0.322 e. The van der Waals surface area contributed by atoms with Crippen LogP contribution in [0.25, 0.3) is 10.8 Å². The van der Waals surface area contributed by atoms with Crippen molar-refractivity contribution in [3.05, 3.63) is 75.7 Å². The first kappa shape index (κ1) is 19.4. The second kappa shape index (κ2) is 7.34. The highest BCUT2D eigenvalue weighted by Gasteiger charge is 2.22. The lowest BCUT2D eigenvalue weighted by molar-refractivity contribution is 0.208. The van der Waals surface area contributed by atoms with Gasteiger partial charge in [-0.2, -0.15) is 0 Å². The third-order valence-electron chi connectivity index (χ3n) is 4.51. The Bertz CT molecular complexity index is 1130. The number of anilines is 1. The van der Waals surface area contributed by atoms with Crippen molar-refractivity contribution in [2.75, 3.05) is 12.4 Å². The largest absolute Gasteiger partial charge is 0.328 e. The molecule has 2 N–H and O–H groups in total. The lowest BCUT2D eigenvalue weighted by Crippen LogP contribution is -2.34. The van der Waals surface area contributed by atoms with Crippen LogP contribution < -0.4 is 10.9 Å². The number of aromatic nitrogens is 1. The fourth-order valence-corrected chi connectivity index (χ4v) is 2.82. The molecule has 0 aliphatic rings. The summed E-state index contributed by atoms with van der Waals surface area (Å²) in [4.78, 5) is 27.9. The van der Waals surface area contributed by atoms with Crippen LogP contribution in [0.5, 0.6) is 0 Å². The number of carbonyl (C=O) groups is 1. The van der Waals surface area contributed by atoms with E-state index in [1.165, 1.54) is 30.3 Å². The summed E-state index contributed by atoms with van der Waals surface area (Å²) in [6.07, 6.45) is 1.31. The molecule has 2 amide bonds. The van der Waals surface area contributed by atoms with E-state index >= 15 is 0 Å². The Kier molecular flexibility index (Phi) is 5.08. The molecule has 0 aliphatic carbocycles. The molecule has 1 aromatic heterocycles. The molecule has 3 aromatic rings. The summed E-state index contributed by atoms with van der Waals surface area (Å²) in [5, 5.41) is 2.12. The Balaban J connectivity index is 1.93. The van der Waals surface area contributed by atoms with Crippen LogP contribution in [-0.4, -0.2) is 23.0 Å². The molecule has 0 unspecified atom stereocenters. The smallest absolute Gasteiger partial charge is 0.322 e. The van der Waals surface area contributed by atoms with Crippen molar-refractivity contribution < 1.29 is 22.4 Å². The minimum absolute atomic E-state index is 0.0439. The number of fused-ring (bicyclic) bond motifs is 1. The first-order valence-corrected chi connectivity index (χ1v) is 8.19. The number of halogens is 4. The molecule has 0 saturated carbocycles. The minimum atomic E-state index is -1.28. The van der Waals surface area contributed by atoms with Crippen LogP contribution in [-0.2, 0) is 0 Å². The van der Waals surface area contributed by atoms with E-state index in [0.29, 0.717) is 5.56 Å². The second-order valence-electron chi connectivity index (χ2n) is 6.20. The molecule has 0 aliphatic heterocycles. The zero-order valence-electron chi connectivity index (χ0n) is 14.8. The molecule has 0 saturated heterocycles. The van der Waals surface area contributed by atoms with E-state index < -0.39 is 46.3 Å². The van der Waals surface area contributed by atoms with Crippen LogP contribution in [0, 0.1) is 23.3 Å². The Morgan fingerprint density at radius 2 is 1.75 bits per heavy atom. The molecule has 28 heavy (non-hydrogen) atoms. The zero-order valence-corrected chi connectivity index (χ0v) is 14.8. The monoisotopic (exact) mass is 393 g/mol. The molecule has 0 fully saturated rings. The number of nitrogens with zero attached hydrogens (tertiary/aromatic N) is 1. The lowest BCUT2D eigenvalue weighted by Gasteiger charge is -2.26. The molecule has 2 aromatic carbocycles. The molecule has 146 valence electrons. The van der Waals surface area contributed by atoms with Gasteiger partial charge in [-0.05, 0) is 36.1 Å². The van der Waals surface area contributed by atoms with Gasteiger partial charge in [0.15, 0.2) is 23.3 Å². The number of urea groups is 1. The SMILES string of the molecule is C[C@H](c1c[nH]c(=O)c2c(F)c(F)ccc12)N(C)C(=O)Nc1ccc(F)c(F)c1. The van der Waals surface area contributed by atoms with Gasteiger partial charge in [0.05, 0.1) is 11.4 Å².